The first kappa shape index (κ1) is 9.85. The molecule has 0 spiro atoms. The zero-order valence-corrected chi connectivity index (χ0v) is 9.23. The van der Waals surface area contributed by atoms with Gasteiger partial charge in [-0.05, 0) is 37.4 Å². The van der Waals surface area contributed by atoms with Crippen molar-refractivity contribution in [1.29, 1.82) is 0 Å². The molecule has 2 N–H and O–H groups in total. The van der Waals surface area contributed by atoms with Crippen LogP contribution in [-0.2, 0) is 11.2 Å². The van der Waals surface area contributed by atoms with Crippen LogP contribution in [0.4, 0.5) is 5.69 Å². The number of carbonyl (C=O) groups is 1. The van der Waals surface area contributed by atoms with E-state index in [1.54, 1.807) is 0 Å². The van der Waals surface area contributed by atoms with Gasteiger partial charge in [0.25, 0.3) is 0 Å². The Bertz CT molecular complexity index is 424. The van der Waals surface area contributed by atoms with Crippen molar-refractivity contribution in [1.82, 2.24) is 0 Å². The van der Waals surface area contributed by atoms with Gasteiger partial charge in [-0.3, -0.25) is 4.79 Å². The van der Waals surface area contributed by atoms with Crippen molar-refractivity contribution in [2.45, 2.75) is 25.3 Å². The molecule has 1 aromatic carbocycles. The highest BCUT2D eigenvalue weighted by atomic mass is 16.2. The van der Waals surface area contributed by atoms with Gasteiger partial charge >= 0.3 is 0 Å². The van der Waals surface area contributed by atoms with Crippen LogP contribution in [0.15, 0.2) is 24.3 Å². The van der Waals surface area contributed by atoms with Crippen LogP contribution in [0.1, 0.15) is 18.4 Å². The first-order chi connectivity index (χ1) is 7.81. The van der Waals surface area contributed by atoms with Crippen molar-refractivity contribution in [2.24, 2.45) is 11.7 Å². The summed E-state index contributed by atoms with van der Waals surface area (Å²) in [5, 5.41) is 0. The third kappa shape index (κ3) is 1.28. The molecule has 3 heteroatoms. The predicted octanol–water partition coefficient (Wildman–Crippen LogP) is 1.31. The van der Waals surface area contributed by atoms with E-state index >= 15 is 0 Å². The highest BCUT2D eigenvalue weighted by Gasteiger charge is 2.50. The highest BCUT2D eigenvalue weighted by molar-refractivity contribution is 6.01. The molecule has 84 valence electrons. The molecule has 3 fully saturated rings. The number of carbonyl (C=O) groups excluding carboxylic acids is 1. The number of benzene rings is 1. The van der Waals surface area contributed by atoms with Crippen LogP contribution in [0.25, 0.3) is 0 Å². The zero-order chi connectivity index (χ0) is 11.1. The second-order valence-corrected chi connectivity index (χ2v) is 4.70. The molecule has 16 heavy (non-hydrogen) atoms. The zero-order valence-electron chi connectivity index (χ0n) is 9.23. The number of rotatable bonds is 3. The van der Waals surface area contributed by atoms with E-state index in [-0.39, 0.29) is 0 Å². The Morgan fingerprint density at radius 2 is 2.06 bits per heavy atom. The standard InChI is InChI=1S/C13H16N2O/c14-6-5-9-3-1-2-4-12(9)15-11-7-10(8-11)13(15)16/h1-4,10-11H,5-8,14H2. The van der Waals surface area contributed by atoms with Crippen LogP contribution in [0, 0.1) is 5.92 Å². The van der Waals surface area contributed by atoms with Crippen LogP contribution in [0.2, 0.25) is 0 Å². The number of fused-ring (bicyclic) bond motifs is 1. The van der Waals surface area contributed by atoms with E-state index in [4.69, 9.17) is 5.73 Å². The van der Waals surface area contributed by atoms with E-state index < -0.39 is 0 Å². The number of para-hydroxylation sites is 1. The lowest BCUT2D eigenvalue weighted by Crippen LogP contribution is -2.30. The second-order valence-electron chi connectivity index (χ2n) is 4.70. The van der Waals surface area contributed by atoms with Gasteiger partial charge in [-0.25, -0.2) is 0 Å². The van der Waals surface area contributed by atoms with Crippen molar-refractivity contribution in [3.8, 4) is 0 Å². The average Bonchev–Trinajstić information content (AvgIpc) is 2.70. The molecule has 1 aromatic rings. The third-order valence-corrected chi connectivity index (χ3v) is 3.73. The van der Waals surface area contributed by atoms with Gasteiger partial charge < -0.3 is 10.6 Å². The number of hydrogen-bond acceptors (Lipinski definition) is 2. The quantitative estimate of drug-likeness (QED) is 0.828. The van der Waals surface area contributed by atoms with E-state index in [0.29, 0.717) is 24.4 Å². The number of anilines is 1. The second kappa shape index (κ2) is 3.59. The van der Waals surface area contributed by atoms with Gasteiger partial charge in [0.05, 0.1) is 0 Å². The van der Waals surface area contributed by atoms with Crippen LogP contribution >= 0.6 is 0 Å². The van der Waals surface area contributed by atoms with Crippen LogP contribution in [-0.4, -0.2) is 18.5 Å². The van der Waals surface area contributed by atoms with E-state index in [1.807, 2.05) is 23.1 Å². The lowest BCUT2D eigenvalue weighted by atomic mass is 9.86. The summed E-state index contributed by atoms with van der Waals surface area (Å²) in [7, 11) is 0. The van der Waals surface area contributed by atoms with Gasteiger partial charge in [0, 0.05) is 17.6 Å². The van der Waals surface area contributed by atoms with Gasteiger partial charge in [-0.15, -0.1) is 0 Å². The summed E-state index contributed by atoms with van der Waals surface area (Å²) in [6, 6.07) is 8.59. The molecule has 0 unspecified atom stereocenters. The maximum absolute atomic E-state index is 12.0. The summed E-state index contributed by atoms with van der Waals surface area (Å²) in [6.45, 7) is 0.632. The largest absolute Gasteiger partial charge is 0.330 e. The normalized spacial score (nSPS) is 27.1. The fourth-order valence-corrected chi connectivity index (χ4v) is 2.81. The van der Waals surface area contributed by atoms with Crippen LogP contribution < -0.4 is 10.6 Å². The number of hydrogen-bond donors (Lipinski definition) is 1. The molecule has 2 heterocycles. The fourth-order valence-electron chi connectivity index (χ4n) is 2.81. The molecule has 1 amide bonds. The average molecular weight is 216 g/mol. The van der Waals surface area contributed by atoms with Gasteiger partial charge in [0.2, 0.25) is 5.91 Å². The van der Waals surface area contributed by atoms with Gasteiger partial charge in [-0.2, -0.15) is 0 Å². The monoisotopic (exact) mass is 216 g/mol. The Balaban J connectivity index is 1.96. The molecule has 0 radical (unpaired) electrons. The first-order valence-electron chi connectivity index (χ1n) is 5.92. The topological polar surface area (TPSA) is 46.3 Å². The number of nitrogens with two attached hydrogens (primary N) is 1. The summed E-state index contributed by atoms with van der Waals surface area (Å²) in [6.07, 6.45) is 2.95. The summed E-state index contributed by atoms with van der Waals surface area (Å²) >= 11 is 0. The van der Waals surface area contributed by atoms with Crippen molar-refractivity contribution in [3.63, 3.8) is 0 Å². The van der Waals surface area contributed by atoms with Crippen molar-refractivity contribution >= 4 is 11.6 Å². The van der Waals surface area contributed by atoms with E-state index in [9.17, 15) is 4.79 Å². The fraction of sp³-hybridized carbons (Fsp3) is 0.462. The molecule has 3 aliphatic rings. The Hall–Kier alpha value is -1.35. The highest BCUT2D eigenvalue weighted by Crippen LogP contribution is 2.45. The van der Waals surface area contributed by atoms with Crippen molar-refractivity contribution in [3.05, 3.63) is 29.8 Å². The summed E-state index contributed by atoms with van der Waals surface area (Å²) in [4.78, 5) is 14.0. The molecule has 2 bridgehead atoms. The molecule has 3 nitrogen and oxygen atoms in total. The maximum Gasteiger partial charge on any atom is 0.230 e. The predicted molar refractivity (Wildman–Crippen MR) is 63.2 cm³/mol. The molecule has 0 atom stereocenters. The van der Waals surface area contributed by atoms with E-state index in [2.05, 4.69) is 6.07 Å². The Kier molecular flexibility index (Phi) is 2.21. The minimum absolute atomic E-state index is 0.302. The maximum atomic E-state index is 12.0. The van der Waals surface area contributed by atoms with Gasteiger partial charge in [-0.1, -0.05) is 18.2 Å². The smallest absolute Gasteiger partial charge is 0.230 e. The molecule has 0 aromatic heterocycles. The SMILES string of the molecule is NCCc1ccccc1N1C(=O)C2CC1C2. The summed E-state index contributed by atoms with van der Waals surface area (Å²) in [5.41, 5.74) is 7.89. The van der Waals surface area contributed by atoms with Crippen molar-refractivity contribution < 1.29 is 4.79 Å². The van der Waals surface area contributed by atoms with E-state index in [1.165, 1.54) is 5.56 Å². The summed E-state index contributed by atoms with van der Waals surface area (Å²) < 4.78 is 0. The molecular weight excluding hydrogens is 200 g/mol. The molecule has 1 aliphatic carbocycles. The Morgan fingerprint density at radius 3 is 2.69 bits per heavy atom. The third-order valence-electron chi connectivity index (χ3n) is 3.73. The Labute approximate surface area is 95.2 Å². The minimum Gasteiger partial charge on any atom is -0.330 e. The lowest BCUT2D eigenvalue weighted by molar-refractivity contribution is -0.119. The number of amides is 1. The molecular formula is C13H16N2O. The Morgan fingerprint density at radius 1 is 1.31 bits per heavy atom. The lowest BCUT2D eigenvalue weighted by Gasteiger charge is -2.26. The van der Waals surface area contributed by atoms with Gasteiger partial charge in [0.1, 0.15) is 0 Å². The number of nitrogens with zero attached hydrogens (tertiary/aromatic N) is 1. The van der Waals surface area contributed by atoms with Crippen LogP contribution in [0.3, 0.4) is 0 Å². The first-order valence-corrected chi connectivity index (χ1v) is 5.92. The molecule has 2 saturated heterocycles. The van der Waals surface area contributed by atoms with Gasteiger partial charge in [0.15, 0.2) is 0 Å². The van der Waals surface area contributed by atoms with E-state index in [0.717, 1.165) is 24.9 Å². The molecule has 1 saturated carbocycles. The molecule has 2 aliphatic heterocycles. The molecule has 4 rings (SSSR count). The summed E-state index contributed by atoms with van der Waals surface area (Å²) in [5.74, 6) is 0.616. The minimum atomic E-state index is 0.302. The van der Waals surface area contributed by atoms with Crippen molar-refractivity contribution in [2.75, 3.05) is 11.4 Å². The van der Waals surface area contributed by atoms with Crippen LogP contribution in [0.5, 0.6) is 0 Å².